The van der Waals surface area contributed by atoms with Gasteiger partial charge in [-0.3, -0.25) is 24.1 Å². The highest BCUT2D eigenvalue weighted by Gasteiger charge is 2.36. The third-order valence-electron chi connectivity index (χ3n) is 3.87. The predicted molar refractivity (Wildman–Crippen MR) is 89.9 cm³/mol. The fourth-order valence-corrected chi connectivity index (χ4v) is 2.61. The molecule has 3 amide bonds. The first-order chi connectivity index (χ1) is 12.0. The molecule has 0 bridgehead atoms. The minimum atomic E-state index is -0.440. The highest BCUT2D eigenvalue weighted by atomic mass is 16.5. The molecule has 0 unspecified atom stereocenters. The molecule has 1 aliphatic rings. The smallest absolute Gasteiger partial charge is 0.305 e. The number of carbonyl (C=O) groups is 4. The molecule has 0 spiro atoms. The Hall–Kier alpha value is -2.70. The summed E-state index contributed by atoms with van der Waals surface area (Å²) in [6.45, 7) is 2.30. The first-order valence-electron chi connectivity index (χ1n) is 8.42. The van der Waals surface area contributed by atoms with Gasteiger partial charge in [0.25, 0.3) is 11.8 Å². The Labute approximate surface area is 146 Å². The molecular formula is C18H22N2O5. The number of fused-ring (bicyclic) bond motifs is 1. The van der Waals surface area contributed by atoms with Crippen LogP contribution in [0.1, 0.15) is 53.3 Å². The van der Waals surface area contributed by atoms with Crippen LogP contribution in [0.3, 0.4) is 0 Å². The van der Waals surface area contributed by atoms with Crippen molar-refractivity contribution in [1.82, 2.24) is 10.2 Å². The molecule has 0 aromatic heterocycles. The van der Waals surface area contributed by atoms with E-state index in [1.165, 1.54) is 0 Å². The van der Waals surface area contributed by atoms with Crippen LogP contribution < -0.4 is 5.32 Å². The topological polar surface area (TPSA) is 92.8 Å². The zero-order valence-electron chi connectivity index (χ0n) is 14.2. The average Bonchev–Trinajstić information content (AvgIpc) is 2.83. The molecule has 0 aliphatic carbocycles. The molecule has 0 saturated carbocycles. The summed E-state index contributed by atoms with van der Waals surface area (Å²) in [7, 11) is 0. The van der Waals surface area contributed by atoms with Crippen LogP contribution in [0, 0.1) is 0 Å². The highest BCUT2D eigenvalue weighted by Crippen LogP contribution is 2.21. The van der Waals surface area contributed by atoms with E-state index < -0.39 is 11.8 Å². The summed E-state index contributed by atoms with van der Waals surface area (Å²) in [5, 5.41) is 2.69. The number of benzene rings is 1. The quantitative estimate of drug-likeness (QED) is 0.416. The maximum Gasteiger partial charge on any atom is 0.305 e. The monoisotopic (exact) mass is 346 g/mol. The number of ether oxygens (including phenoxy) is 1. The first kappa shape index (κ1) is 18.6. The van der Waals surface area contributed by atoms with Crippen LogP contribution in [-0.4, -0.2) is 48.3 Å². The average molecular weight is 346 g/mol. The lowest BCUT2D eigenvalue weighted by Gasteiger charge is -2.13. The molecule has 2 rings (SSSR count). The molecule has 7 nitrogen and oxygen atoms in total. The molecule has 1 heterocycles. The number of hydrogen-bond donors (Lipinski definition) is 1. The maximum atomic E-state index is 12.2. The predicted octanol–water partition coefficient (Wildman–Crippen LogP) is 1.52. The lowest BCUT2D eigenvalue weighted by atomic mass is 10.1. The van der Waals surface area contributed by atoms with Crippen molar-refractivity contribution in [1.29, 1.82) is 0 Å². The molecule has 7 heteroatoms. The van der Waals surface area contributed by atoms with Crippen molar-refractivity contribution in [3.8, 4) is 0 Å². The minimum Gasteiger partial charge on any atom is -0.466 e. The van der Waals surface area contributed by atoms with Gasteiger partial charge in [-0.25, -0.2) is 0 Å². The van der Waals surface area contributed by atoms with Crippen LogP contribution in [0.2, 0.25) is 0 Å². The molecule has 1 N–H and O–H groups in total. The number of rotatable bonds is 9. The molecule has 0 fully saturated rings. The Bertz CT molecular complexity index is 636. The Morgan fingerprint density at radius 3 is 2.28 bits per heavy atom. The number of nitrogens with one attached hydrogen (secondary N) is 1. The van der Waals surface area contributed by atoms with Crippen LogP contribution in [-0.2, 0) is 14.3 Å². The molecule has 1 aliphatic heterocycles. The first-order valence-corrected chi connectivity index (χ1v) is 8.42. The Morgan fingerprint density at radius 1 is 1.04 bits per heavy atom. The van der Waals surface area contributed by atoms with Gasteiger partial charge < -0.3 is 10.1 Å². The van der Waals surface area contributed by atoms with E-state index in [9.17, 15) is 19.2 Å². The normalized spacial score (nSPS) is 12.9. The van der Waals surface area contributed by atoms with Crippen molar-refractivity contribution < 1.29 is 23.9 Å². The SMILES string of the molecule is CCOC(=O)CCCCCNC(=O)CN1C(=O)c2ccccc2C1=O. The molecular weight excluding hydrogens is 324 g/mol. The van der Waals surface area contributed by atoms with Gasteiger partial charge >= 0.3 is 5.97 Å². The summed E-state index contributed by atoms with van der Waals surface area (Å²) < 4.78 is 4.83. The molecule has 0 atom stereocenters. The number of amides is 3. The van der Waals surface area contributed by atoms with Crippen LogP contribution in [0.25, 0.3) is 0 Å². The summed E-state index contributed by atoms with van der Waals surface area (Å²) >= 11 is 0. The van der Waals surface area contributed by atoms with Gasteiger partial charge in [0, 0.05) is 13.0 Å². The van der Waals surface area contributed by atoms with Crippen molar-refractivity contribution in [2.24, 2.45) is 0 Å². The largest absolute Gasteiger partial charge is 0.466 e. The van der Waals surface area contributed by atoms with Gasteiger partial charge in [0.2, 0.25) is 5.91 Å². The zero-order valence-corrected chi connectivity index (χ0v) is 14.2. The van der Waals surface area contributed by atoms with Crippen molar-refractivity contribution in [2.45, 2.75) is 32.6 Å². The summed E-state index contributed by atoms with van der Waals surface area (Å²) in [6, 6.07) is 6.53. The van der Waals surface area contributed by atoms with Crippen molar-refractivity contribution in [3.05, 3.63) is 35.4 Å². The van der Waals surface area contributed by atoms with Crippen LogP contribution in [0.5, 0.6) is 0 Å². The third-order valence-corrected chi connectivity index (χ3v) is 3.87. The van der Waals surface area contributed by atoms with E-state index in [2.05, 4.69) is 5.32 Å². The van der Waals surface area contributed by atoms with E-state index in [1.54, 1.807) is 31.2 Å². The summed E-state index contributed by atoms with van der Waals surface area (Å²) in [6.07, 6.45) is 2.57. The fraction of sp³-hybridized carbons (Fsp3) is 0.444. The molecule has 0 radical (unpaired) electrons. The molecule has 134 valence electrons. The van der Waals surface area contributed by atoms with Gasteiger partial charge in [-0.2, -0.15) is 0 Å². The number of unbranched alkanes of at least 4 members (excludes halogenated alkanes) is 2. The minimum absolute atomic E-state index is 0.211. The van der Waals surface area contributed by atoms with Crippen molar-refractivity contribution in [3.63, 3.8) is 0 Å². The lowest BCUT2D eigenvalue weighted by Crippen LogP contribution is -2.40. The van der Waals surface area contributed by atoms with E-state index >= 15 is 0 Å². The van der Waals surface area contributed by atoms with E-state index in [-0.39, 0.29) is 18.4 Å². The van der Waals surface area contributed by atoms with E-state index in [0.717, 1.165) is 11.3 Å². The van der Waals surface area contributed by atoms with Crippen LogP contribution in [0.4, 0.5) is 0 Å². The molecule has 1 aromatic carbocycles. The van der Waals surface area contributed by atoms with Crippen molar-refractivity contribution >= 4 is 23.7 Å². The molecule has 25 heavy (non-hydrogen) atoms. The standard InChI is InChI=1S/C18H22N2O5/c1-2-25-16(22)10-4-3-7-11-19-15(21)12-20-17(23)13-8-5-6-9-14(13)18(20)24/h5-6,8-9H,2-4,7,10-12H2,1H3,(H,19,21). The Morgan fingerprint density at radius 2 is 1.68 bits per heavy atom. The third kappa shape index (κ3) is 4.89. The number of esters is 1. The number of hydrogen-bond acceptors (Lipinski definition) is 5. The second-order valence-electron chi connectivity index (χ2n) is 5.71. The number of nitrogens with zero attached hydrogens (tertiary/aromatic N) is 1. The van der Waals surface area contributed by atoms with Crippen LogP contribution in [0.15, 0.2) is 24.3 Å². The second-order valence-corrected chi connectivity index (χ2v) is 5.71. The molecule has 0 saturated heterocycles. The summed E-state index contributed by atoms with van der Waals surface area (Å²) in [5.74, 6) is -1.47. The van der Waals surface area contributed by atoms with E-state index in [4.69, 9.17) is 4.74 Å². The van der Waals surface area contributed by atoms with Gasteiger partial charge in [0.15, 0.2) is 0 Å². The fourth-order valence-electron chi connectivity index (χ4n) is 2.61. The van der Waals surface area contributed by atoms with E-state index in [0.29, 0.717) is 43.5 Å². The Balaban J connectivity index is 1.67. The van der Waals surface area contributed by atoms with Crippen LogP contribution >= 0.6 is 0 Å². The summed E-state index contributed by atoms with van der Waals surface area (Å²) in [4.78, 5) is 48.4. The lowest BCUT2D eigenvalue weighted by molar-refractivity contribution is -0.143. The van der Waals surface area contributed by atoms with Gasteiger partial charge in [0.1, 0.15) is 6.54 Å². The Kier molecular flexibility index (Phi) is 6.68. The van der Waals surface area contributed by atoms with Gasteiger partial charge in [0.05, 0.1) is 17.7 Å². The number of imide groups is 1. The zero-order chi connectivity index (χ0) is 18.2. The summed E-state index contributed by atoms with van der Waals surface area (Å²) in [5.41, 5.74) is 0.665. The second kappa shape index (κ2) is 8.96. The van der Waals surface area contributed by atoms with Crippen molar-refractivity contribution in [2.75, 3.05) is 19.7 Å². The van der Waals surface area contributed by atoms with Gasteiger partial charge in [-0.1, -0.05) is 18.6 Å². The van der Waals surface area contributed by atoms with E-state index in [1.807, 2.05) is 0 Å². The van der Waals surface area contributed by atoms with Gasteiger partial charge in [-0.15, -0.1) is 0 Å². The number of carbonyl (C=O) groups excluding carboxylic acids is 4. The highest BCUT2D eigenvalue weighted by molar-refractivity contribution is 6.22. The molecule has 1 aromatic rings. The maximum absolute atomic E-state index is 12.2. The van der Waals surface area contributed by atoms with Gasteiger partial charge in [-0.05, 0) is 31.9 Å².